The maximum atomic E-state index is 12.0. The van der Waals surface area contributed by atoms with Crippen LogP contribution in [0.4, 0.5) is 11.5 Å². The Labute approximate surface area is 146 Å². The van der Waals surface area contributed by atoms with E-state index in [9.17, 15) is 4.79 Å². The van der Waals surface area contributed by atoms with Crippen molar-refractivity contribution in [2.24, 2.45) is 0 Å². The molecule has 0 spiro atoms. The number of carbonyl (C=O) groups is 1. The van der Waals surface area contributed by atoms with E-state index in [1.165, 1.54) is 0 Å². The van der Waals surface area contributed by atoms with E-state index in [1.54, 1.807) is 12.4 Å². The summed E-state index contributed by atoms with van der Waals surface area (Å²) in [5.74, 6) is 1.54. The third-order valence-electron chi connectivity index (χ3n) is 4.05. The summed E-state index contributed by atoms with van der Waals surface area (Å²) >= 11 is 0. The number of rotatable bonds is 6. The Bertz CT molecular complexity index is 827. The first-order valence-corrected chi connectivity index (χ1v) is 8.17. The van der Waals surface area contributed by atoms with Gasteiger partial charge in [0.05, 0.1) is 12.6 Å². The topological polar surface area (TPSA) is 71.8 Å². The van der Waals surface area contributed by atoms with Crippen LogP contribution in [0.5, 0.6) is 0 Å². The van der Waals surface area contributed by atoms with Crippen LogP contribution >= 0.6 is 0 Å². The summed E-state index contributed by atoms with van der Waals surface area (Å²) in [5, 5.41) is 5.86. The SMILES string of the molecule is Cc1nccn1[C@@H](C)c1ccc(NC(=O)CNc2ccccn2)cc1. The van der Waals surface area contributed by atoms with Crippen LogP contribution in [0.1, 0.15) is 24.4 Å². The lowest BCUT2D eigenvalue weighted by Crippen LogP contribution is -2.22. The molecule has 3 aromatic rings. The molecule has 1 atom stereocenters. The van der Waals surface area contributed by atoms with Crippen LogP contribution in [0.3, 0.4) is 0 Å². The molecule has 128 valence electrons. The Morgan fingerprint density at radius 3 is 2.56 bits per heavy atom. The van der Waals surface area contributed by atoms with Gasteiger partial charge in [0.2, 0.25) is 5.91 Å². The molecule has 0 aliphatic rings. The zero-order valence-corrected chi connectivity index (χ0v) is 14.3. The van der Waals surface area contributed by atoms with Crippen molar-refractivity contribution in [3.05, 3.63) is 72.4 Å². The van der Waals surface area contributed by atoms with Crippen molar-refractivity contribution in [2.45, 2.75) is 19.9 Å². The van der Waals surface area contributed by atoms with Gasteiger partial charge in [0, 0.05) is 24.3 Å². The second-order valence-electron chi connectivity index (χ2n) is 5.80. The van der Waals surface area contributed by atoms with Crippen molar-refractivity contribution < 1.29 is 4.79 Å². The largest absolute Gasteiger partial charge is 0.361 e. The fourth-order valence-corrected chi connectivity index (χ4v) is 2.65. The Morgan fingerprint density at radius 1 is 1.12 bits per heavy atom. The highest BCUT2D eigenvalue weighted by Crippen LogP contribution is 2.21. The number of anilines is 2. The number of hydrogen-bond donors (Lipinski definition) is 2. The van der Waals surface area contributed by atoms with E-state index in [2.05, 4.69) is 32.1 Å². The molecule has 0 aliphatic heterocycles. The summed E-state index contributed by atoms with van der Waals surface area (Å²) < 4.78 is 2.12. The molecule has 3 rings (SSSR count). The molecule has 2 heterocycles. The molecule has 0 aliphatic carbocycles. The van der Waals surface area contributed by atoms with Crippen LogP contribution in [0.15, 0.2) is 61.1 Å². The lowest BCUT2D eigenvalue weighted by Gasteiger charge is -2.16. The molecule has 0 saturated carbocycles. The molecule has 0 saturated heterocycles. The number of aryl methyl sites for hydroxylation is 1. The highest BCUT2D eigenvalue weighted by molar-refractivity contribution is 5.93. The van der Waals surface area contributed by atoms with E-state index in [0.717, 1.165) is 17.1 Å². The predicted molar refractivity (Wildman–Crippen MR) is 98.6 cm³/mol. The highest BCUT2D eigenvalue weighted by Gasteiger charge is 2.10. The van der Waals surface area contributed by atoms with Gasteiger partial charge >= 0.3 is 0 Å². The third kappa shape index (κ3) is 4.23. The van der Waals surface area contributed by atoms with Crippen LogP contribution < -0.4 is 10.6 Å². The van der Waals surface area contributed by atoms with E-state index in [0.29, 0.717) is 5.82 Å². The quantitative estimate of drug-likeness (QED) is 0.725. The highest BCUT2D eigenvalue weighted by atomic mass is 16.1. The number of imidazole rings is 1. The van der Waals surface area contributed by atoms with Gasteiger partial charge in [-0.3, -0.25) is 4.79 Å². The normalized spacial score (nSPS) is 11.8. The first-order valence-electron chi connectivity index (χ1n) is 8.17. The van der Waals surface area contributed by atoms with Gasteiger partial charge in [0.25, 0.3) is 0 Å². The first-order chi connectivity index (χ1) is 12.1. The summed E-state index contributed by atoms with van der Waals surface area (Å²) in [4.78, 5) is 20.4. The van der Waals surface area contributed by atoms with E-state index < -0.39 is 0 Å². The Kier molecular flexibility index (Phi) is 5.09. The van der Waals surface area contributed by atoms with E-state index in [1.807, 2.05) is 55.6 Å². The van der Waals surface area contributed by atoms with Gasteiger partial charge in [-0.25, -0.2) is 9.97 Å². The molecular formula is C19H21N5O. The first kappa shape index (κ1) is 16.7. The molecule has 0 bridgehead atoms. The van der Waals surface area contributed by atoms with Crippen LogP contribution in [-0.2, 0) is 4.79 Å². The van der Waals surface area contributed by atoms with E-state index in [-0.39, 0.29) is 18.5 Å². The number of hydrogen-bond acceptors (Lipinski definition) is 4. The van der Waals surface area contributed by atoms with Gasteiger partial charge in [-0.05, 0) is 43.7 Å². The second kappa shape index (κ2) is 7.61. The number of amides is 1. The minimum atomic E-state index is -0.114. The van der Waals surface area contributed by atoms with Crippen molar-refractivity contribution in [1.82, 2.24) is 14.5 Å². The van der Waals surface area contributed by atoms with Gasteiger partial charge in [0.15, 0.2) is 0 Å². The number of carbonyl (C=O) groups excluding carboxylic acids is 1. The average molecular weight is 335 g/mol. The second-order valence-corrected chi connectivity index (χ2v) is 5.80. The van der Waals surface area contributed by atoms with Gasteiger partial charge in [-0.2, -0.15) is 0 Å². The maximum absolute atomic E-state index is 12.0. The molecule has 0 fully saturated rings. The minimum absolute atomic E-state index is 0.114. The van der Waals surface area contributed by atoms with Crippen LogP contribution in [-0.4, -0.2) is 27.0 Å². The fraction of sp³-hybridized carbons (Fsp3) is 0.211. The smallest absolute Gasteiger partial charge is 0.243 e. The summed E-state index contributed by atoms with van der Waals surface area (Å²) in [5.41, 5.74) is 1.93. The molecule has 0 unspecified atom stereocenters. The van der Waals surface area contributed by atoms with Gasteiger partial charge in [-0.1, -0.05) is 18.2 Å². The lowest BCUT2D eigenvalue weighted by atomic mass is 10.1. The maximum Gasteiger partial charge on any atom is 0.243 e. The molecule has 2 N–H and O–H groups in total. The summed E-state index contributed by atoms with van der Waals surface area (Å²) in [6, 6.07) is 13.6. The number of nitrogens with zero attached hydrogens (tertiary/aromatic N) is 3. The van der Waals surface area contributed by atoms with Crippen molar-refractivity contribution in [1.29, 1.82) is 0 Å². The van der Waals surface area contributed by atoms with E-state index in [4.69, 9.17) is 0 Å². The van der Waals surface area contributed by atoms with Crippen LogP contribution in [0, 0.1) is 6.92 Å². The van der Waals surface area contributed by atoms with E-state index >= 15 is 0 Å². The Hall–Kier alpha value is -3.15. The minimum Gasteiger partial charge on any atom is -0.361 e. The molecule has 1 amide bonds. The molecule has 1 aromatic carbocycles. The third-order valence-corrected chi connectivity index (χ3v) is 4.05. The standard InChI is InChI=1S/C19H21N5O/c1-14(24-12-11-20-15(24)2)16-6-8-17(9-7-16)23-19(25)13-22-18-5-3-4-10-21-18/h3-12,14H,13H2,1-2H3,(H,21,22)(H,23,25)/t14-/m0/s1. The van der Waals surface area contributed by atoms with Crippen molar-refractivity contribution in [2.75, 3.05) is 17.2 Å². The van der Waals surface area contributed by atoms with Crippen LogP contribution in [0.2, 0.25) is 0 Å². The zero-order valence-electron chi connectivity index (χ0n) is 14.3. The summed E-state index contributed by atoms with van der Waals surface area (Å²) in [6.07, 6.45) is 5.45. The van der Waals surface area contributed by atoms with Gasteiger partial charge < -0.3 is 15.2 Å². The van der Waals surface area contributed by atoms with Crippen molar-refractivity contribution in [3.63, 3.8) is 0 Å². The Morgan fingerprint density at radius 2 is 1.92 bits per heavy atom. The van der Waals surface area contributed by atoms with Crippen LogP contribution in [0.25, 0.3) is 0 Å². The number of benzene rings is 1. The van der Waals surface area contributed by atoms with Gasteiger partial charge in [0.1, 0.15) is 11.6 Å². The zero-order chi connectivity index (χ0) is 17.6. The molecule has 6 heteroatoms. The summed E-state index contributed by atoms with van der Waals surface area (Å²) in [7, 11) is 0. The predicted octanol–water partition coefficient (Wildman–Crippen LogP) is 3.25. The van der Waals surface area contributed by atoms with Crippen molar-refractivity contribution >= 4 is 17.4 Å². The molecule has 2 aromatic heterocycles. The number of pyridine rings is 1. The number of nitrogens with one attached hydrogen (secondary N) is 2. The number of aromatic nitrogens is 3. The molecular weight excluding hydrogens is 314 g/mol. The van der Waals surface area contributed by atoms with Gasteiger partial charge in [-0.15, -0.1) is 0 Å². The fourth-order valence-electron chi connectivity index (χ4n) is 2.65. The summed E-state index contributed by atoms with van der Waals surface area (Å²) in [6.45, 7) is 4.28. The lowest BCUT2D eigenvalue weighted by molar-refractivity contribution is -0.114. The molecule has 0 radical (unpaired) electrons. The molecule has 6 nitrogen and oxygen atoms in total. The molecule has 25 heavy (non-hydrogen) atoms. The average Bonchev–Trinajstić information content (AvgIpc) is 3.07. The van der Waals surface area contributed by atoms with Crippen molar-refractivity contribution in [3.8, 4) is 0 Å². The Balaban J connectivity index is 1.57. The monoisotopic (exact) mass is 335 g/mol.